The second-order valence-corrected chi connectivity index (χ2v) is 6.97. The molecule has 132 valence electrons. The molecule has 0 unspecified atom stereocenters. The van der Waals surface area contributed by atoms with Crippen LogP contribution >= 0.6 is 0 Å². The summed E-state index contributed by atoms with van der Waals surface area (Å²) in [4.78, 5) is 17.3. The third kappa shape index (κ3) is 3.63. The molecule has 1 fully saturated rings. The van der Waals surface area contributed by atoms with Crippen LogP contribution in [0.4, 0.5) is 5.69 Å². The molecule has 0 spiro atoms. The molecule has 0 radical (unpaired) electrons. The van der Waals surface area contributed by atoms with Crippen LogP contribution in [0.2, 0.25) is 0 Å². The Hall–Kier alpha value is -2.49. The molecule has 0 saturated carbocycles. The number of rotatable bonds is 4. The Labute approximate surface area is 150 Å². The van der Waals surface area contributed by atoms with Gasteiger partial charge in [0, 0.05) is 37.9 Å². The van der Waals surface area contributed by atoms with Crippen LogP contribution in [0.1, 0.15) is 19.4 Å². The van der Waals surface area contributed by atoms with Gasteiger partial charge in [-0.1, -0.05) is 36.4 Å². The second kappa shape index (κ2) is 7.18. The maximum Gasteiger partial charge on any atom is 0.232 e. The van der Waals surface area contributed by atoms with Gasteiger partial charge >= 0.3 is 0 Å². The van der Waals surface area contributed by atoms with Crippen LogP contribution in [0.25, 0.3) is 0 Å². The van der Waals surface area contributed by atoms with Gasteiger partial charge in [0.1, 0.15) is 5.75 Å². The first-order chi connectivity index (χ1) is 12.0. The molecular formula is C21H26N2O2. The van der Waals surface area contributed by atoms with Gasteiger partial charge in [-0.2, -0.15) is 0 Å². The summed E-state index contributed by atoms with van der Waals surface area (Å²) in [6.07, 6.45) is 0. The first kappa shape index (κ1) is 17.3. The molecule has 4 heteroatoms. The van der Waals surface area contributed by atoms with Crippen LogP contribution in [0.15, 0.2) is 54.6 Å². The number of ether oxygens (including phenoxy) is 1. The highest BCUT2D eigenvalue weighted by atomic mass is 16.5. The molecule has 1 heterocycles. The quantitative estimate of drug-likeness (QED) is 0.857. The fourth-order valence-electron chi connectivity index (χ4n) is 3.35. The van der Waals surface area contributed by atoms with Crippen LogP contribution in [0, 0.1) is 0 Å². The predicted octanol–water partition coefficient (Wildman–Crippen LogP) is 3.32. The fraction of sp³-hybridized carbons (Fsp3) is 0.381. The van der Waals surface area contributed by atoms with Gasteiger partial charge < -0.3 is 14.5 Å². The lowest BCUT2D eigenvalue weighted by Gasteiger charge is -2.39. The maximum atomic E-state index is 13.1. The minimum absolute atomic E-state index is 0.198. The van der Waals surface area contributed by atoms with E-state index in [1.54, 1.807) is 7.11 Å². The minimum Gasteiger partial charge on any atom is -0.497 e. The van der Waals surface area contributed by atoms with E-state index in [9.17, 15) is 4.79 Å². The van der Waals surface area contributed by atoms with E-state index in [2.05, 4.69) is 11.0 Å². The lowest BCUT2D eigenvalue weighted by atomic mass is 9.83. The summed E-state index contributed by atoms with van der Waals surface area (Å²) in [6.45, 7) is 7.18. The van der Waals surface area contributed by atoms with E-state index in [-0.39, 0.29) is 5.91 Å². The standard InChI is InChI=1S/C21H26N2O2/c1-21(2,17-8-5-4-6-9-17)20(24)23-14-12-22(13-15-23)18-10-7-11-19(16-18)25-3/h4-11,16H,12-15H2,1-3H3. The number of piperazine rings is 1. The number of benzene rings is 2. The smallest absolute Gasteiger partial charge is 0.232 e. The minimum atomic E-state index is -0.501. The Morgan fingerprint density at radius 3 is 2.28 bits per heavy atom. The van der Waals surface area contributed by atoms with Crippen LogP contribution in [0.5, 0.6) is 5.75 Å². The molecule has 1 aliphatic rings. The normalized spacial score (nSPS) is 15.2. The molecular weight excluding hydrogens is 312 g/mol. The Morgan fingerprint density at radius 1 is 0.960 bits per heavy atom. The first-order valence-electron chi connectivity index (χ1n) is 8.76. The lowest BCUT2D eigenvalue weighted by Crippen LogP contribution is -2.53. The van der Waals surface area contributed by atoms with E-state index in [1.807, 2.05) is 67.3 Å². The highest BCUT2D eigenvalue weighted by Gasteiger charge is 2.35. The van der Waals surface area contributed by atoms with Gasteiger partial charge in [0.2, 0.25) is 5.91 Å². The molecule has 4 nitrogen and oxygen atoms in total. The summed E-state index contributed by atoms with van der Waals surface area (Å²) < 4.78 is 5.31. The van der Waals surface area contributed by atoms with Crippen LogP contribution in [-0.2, 0) is 10.2 Å². The van der Waals surface area contributed by atoms with Gasteiger partial charge in [0.05, 0.1) is 12.5 Å². The fourth-order valence-corrected chi connectivity index (χ4v) is 3.35. The van der Waals surface area contributed by atoms with Crippen LogP contribution in [-0.4, -0.2) is 44.1 Å². The molecule has 1 amide bonds. The number of amides is 1. The molecule has 1 aliphatic heterocycles. The summed E-state index contributed by atoms with van der Waals surface area (Å²) in [5.41, 5.74) is 1.71. The second-order valence-electron chi connectivity index (χ2n) is 6.97. The Morgan fingerprint density at radius 2 is 1.64 bits per heavy atom. The van der Waals surface area contributed by atoms with Crippen LogP contribution < -0.4 is 9.64 Å². The number of methoxy groups -OCH3 is 1. The molecule has 0 atom stereocenters. The van der Waals surface area contributed by atoms with Crippen molar-refractivity contribution in [2.45, 2.75) is 19.3 Å². The summed E-state index contributed by atoms with van der Waals surface area (Å²) in [7, 11) is 1.68. The third-order valence-electron chi connectivity index (χ3n) is 5.02. The predicted molar refractivity (Wildman–Crippen MR) is 101 cm³/mol. The van der Waals surface area contributed by atoms with Crippen molar-refractivity contribution in [2.75, 3.05) is 38.2 Å². The zero-order valence-electron chi connectivity index (χ0n) is 15.2. The molecule has 1 saturated heterocycles. The van der Waals surface area contributed by atoms with Crippen molar-refractivity contribution in [1.82, 2.24) is 4.90 Å². The SMILES string of the molecule is COc1cccc(N2CCN(C(=O)C(C)(C)c3ccccc3)CC2)c1. The summed E-state index contributed by atoms with van der Waals surface area (Å²) in [5.74, 6) is 1.06. The molecule has 2 aromatic rings. The molecule has 0 N–H and O–H groups in total. The first-order valence-corrected chi connectivity index (χ1v) is 8.76. The number of carbonyl (C=O) groups is 1. The maximum absolute atomic E-state index is 13.1. The van der Waals surface area contributed by atoms with E-state index < -0.39 is 5.41 Å². The van der Waals surface area contributed by atoms with Crippen molar-refractivity contribution >= 4 is 11.6 Å². The highest BCUT2D eigenvalue weighted by Crippen LogP contribution is 2.27. The topological polar surface area (TPSA) is 32.8 Å². The number of nitrogens with zero attached hydrogens (tertiary/aromatic N) is 2. The zero-order chi connectivity index (χ0) is 17.9. The van der Waals surface area contributed by atoms with E-state index in [0.29, 0.717) is 0 Å². The average Bonchev–Trinajstić information content (AvgIpc) is 2.68. The molecule has 3 rings (SSSR count). The van der Waals surface area contributed by atoms with Crippen molar-refractivity contribution in [3.05, 3.63) is 60.2 Å². The average molecular weight is 338 g/mol. The molecule has 0 aliphatic carbocycles. The van der Waals surface area contributed by atoms with Crippen molar-refractivity contribution in [3.63, 3.8) is 0 Å². The zero-order valence-corrected chi connectivity index (χ0v) is 15.2. The Balaban J connectivity index is 1.66. The van der Waals surface area contributed by atoms with Crippen molar-refractivity contribution in [1.29, 1.82) is 0 Å². The van der Waals surface area contributed by atoms with E-state index in [1.165, 1.54) is 0 Å². The summed E-state index contributed by atoms with van der Waals surface area (Å²) in [5, 5.41) is 0. The van der Waals surface area contributed by atoms with Crippen LogP contribution in [0.3, 0.4) is 0 Å². The number of carbonyl (C=O) groups excluding carboxylic acids is 1. The largest absolute Gasteiger partial charge is 0.497 e. The van der Waals surface area contributed by atoms with E-state index in [4.69, 9.17) is 4.74 Å². The summed E-state index contributed by atoms with van der Waals surface area (Å²) >= 11 is 0. The van der Waals surface area contributed by atoms with Gasteiger partial charge in [0.25, 0.3) is 0 Å². The molecule has 2 aromatic carbocycles. The number of anilines is 1. The Kier molecular flexibility index (Phi) is 4.98. The number of hydrogen-bond acceptors (Lipinski definition) is 3. The molecule has 0 aromatic heterocycles. The van der Waals surface area contributed by atoms with Crippen molar-refractivity contribution in [2.24, 2.45) is 0 Å². The molecule has 25 heavy (non-hydrogen) atoms. The lowest BCUT2D eigenvalue weighted by molar-refractivity contribution is -0.136. The monoisotopic (exact) mass is 338 g/mol. The van der Waals surface area contributed by atoms with Gasteiger partial charge in [-0.3, -0.25) is 4.79 Å². The molecule has 0 bridgehead atoms. The Bertz CT molecular complexity index is 720. The van der Waals surface area contributed by atoms with Crippen molar-refractivity contribution < 1.29 is 9.53 Å². The number of hydrogen-bond donors (Lipinski definition) is 0. The van der Waals surface area contributed by atoms with Gasteiger partial charge in [-0.05, 0) is 31.5 Å². The van der Waals surface area contributed by atoms with E-state index >= 15 is 0 Å². The van der Waals surface area contributed by atoms with Gasteiger partial charge in [0.15, 0.2) is 0 Å². The van der Waals surface area contributed by atoms with Crippen molar-refractivity contribution in [3.8, 4) is 5.75 Å². The van der Waals surface area contributed by atoms with Gasteiger partial charge in [-0.15, -0.1) is 0 Å². The summed E-state index contributed by atoms with van der Waals surface area (Å²) in [6, 6.07) is 18.1. The van der Waals surface area contributed by atoms with E-state index in [0.717, 1.165) is 43.2 Å². The highest BCUT2D eigenvalue weighted by molar-refractivity contribution is 5.87. The third-order valence-corrected chi connectivity index (χ3v) is 5.02. The van der Waals surface area contributed by atoms with Gasteiger partial charge in [-0.25, -0.2) is 0 Å².